The molecule has 0 aliphatic carbocycles. The van der Waals surface area contributed by atoms with Gasteiger partial charge < -0.3 is 0 Å². The van der Waals surface area contributed by atoms with Crippen LogP contribution in [0, 0.1) is 0 Å². The highest BCUT2D eigenvalue weighted by Crippen LogP contribution is 2.23. The van der Waals surface area contributed by atoms with Gasteiger partial charge in [-0.25, -0.2) is 9.37 Å². The van der Waals surface area contributed by atoms with E-state index in [1.165, 1.54) is 11.9 Å². The second-order valence-corrected chi connectivity index (χ2v) is 7.09. The summed E-state index contributed by atoms with van der Waals surface area (Å²) in [7, 11) is 4.94. The number of alkyl halides is 2. The number of amidine groups is 2. The molecule has 0 aromatic heterocycles. The van der Waals surface area contributed by atoms with Crippen LogP contribution in [-0.4, -0.2) is 74.8 Å². The molecule has 2 rings (SSSR count). The Bertz CT molecular complexity index is 515. The molecule has 2 heterocycles. The lowest BCUT2D eigenvalue weighted by molar-refractivity contribution is -0.506. The fraction of sp³-hybridized carbons (Fsp3) is 0.636. The number of halogens is 2. The molecule has 1 saturated heterocycles. The first-order valence-electron chi connectivity index (χ1n) is 5.79. The van der Waals surface area contributed by atoms with Gasteiger partial charge in [0.25, 0.3) is 17.8 Å². The number of aliphatic imine (C=N–C) groups is 1. The lowest BCUT2D eigenvalue weighted by atomic mass is 10.2. The van der Waals surface area contributed by atoms with Crippen molar-refractivity contribution in [2.75, 3.05) is 21.1 Å². The molecule has 3 atom stereocenters. The zero-order valence-electron chi connectivity index (χ0n) is 11.1. The molecule has 0 N–H and O–H groups in total. The van der Waals surface area contributed by atoms with E-state index in [0.717, 1.165) is 10.7 Å². The predicted octanol–water partition coefficient (Wildman–Crippen LogP) is 0.879. The molecule has 6 nitrogen and oxygen atoms in total. The largest absolute Gasteiger partial charge is 0.333 e. The molecule has 0 bridgehead atoms. The Labute approximate surface area is 128 Å². The van der Waals surface area contributed by atoms with Crippen LogP contribution >= 0.6 is 31.9 Å². The summed E-state index contributed by atoms with van der Waals surface area (Å²) in [6.07, 6.45) is 0. The van der Waals surface area contributed by atoms with Gasteiger partial charge in [0, 0.05) is 18.9 Å². The minimum atomic E-state index is -0.519. The molecule has 2 aliphatic rings. The average Bonchev–Trinajstić information content (AvgIpc) is 2.70. The van der Waals surface area contributed by atoms with E-state index in [9.17, 15) is 9.59 Å². The first-order valence-corrected chi connectivity index (χ1v) is 7.62. The maximum atomic E-state index is 12.2. The number of nitrogens with zero attached hydrogens (tertiary/aromatic N) is 4. The molecule has 0 spiro atoms. The maximum absolute atomic E-state index is 12.2. The summed E-state index contributed by atoms with van der Waals surface area (Å²) in [5.74, 6) is 0.983. The summed E-state index contributed by atoms with van der Waals surface area (Å²) >= 11 is 7.04. The van der Waals surface area contributed by atoms with Crippen LogP contribution in [0.2, 0.25) is 0 Å². The monoisotopic (exact) mass is 393 g/mol. The Balaban J connectivity index is 2.46. The topological polar surface area (TPSA) is 56.0 Å². The molecule has 19 heavy (non-hydrogen) atoms. The molecule has 104 valence electrons. The Morgan fingerprint density at radius 3 is 2.37 bits per heavy atom. The first kappa shape index (κ1) is 14.6. The second kappa shape index (κ2) is 4.97. The molecule has 0 aromatic rings. The number of likely N-dealkylation sites (N-methyl/N-ethyl adjacent to an activating group) is 3. The van der Waals surface area contributed by atoms with Crippen LogP contribution in [-0.2, 0) is 4.79 Å². The number of hydrogen-bond acceptors (Lipinski definition) is 3. The molecule has 3 amide bonds. The van der Waals surface area contributed by atoms with Crippen LogP contribution in [0.15, 0.2) is 4.99 Å². The highest BCUT2D eigenvalue weighted by atomic mass is 79.9. The summed E-state index contributed by atoms with van der Waals surface area (Å²) in [6.45, 7) is 1.99. The van der Waals surface area contributed by atoms with Gasteiger partial charge in [-0.1, -0.05) is 38.8 Å². The van der Waals surface area contributed by atoms with E-state index in [-0.39, 0.29) is 21.6 Å². The molecule has 0 aromatic carbocycles. The molecule has 2 aliphatic heterocycles. The van der Waals surface area contributed by atoms with Crippen molar-refractivity contribution in [3.63, 3.8) is 0 Å². The van der Waals surface area contributed by atoms with Gasteiger partial charge in [0.1, 0.15) is 4.83 Å². The van der Waals surface area contributed by atoms with Gasteiger partial charge >= 0.3 is 11.9 Å². The second-order valence-electron chi connectivity index (χ2n) is 4.66. The number of carbonyl (C=O) groups is 2. The van der Waals surface area contributed by atoms with E-state index in [2.05, 4.69) is 36.9 Å². The number of urea groups is 1. The Morgan fingerprint density at radius 1 is 1.26 bits per heavy atom. The van der Waals surface area contributed by atoms with Crippen LogP contribution in [0.4, 0.5) is 4.79 Å². The van der Waals surface area contributed by atoms with E-state index in [1.54, 1.807) is 7.05 Å². The number of fused-ring (bicyclic) bond motifs is 1. The van der Waals surface area contributed by atoms with Crippen LogP contribution in [0.5, 0.6) is 0 Å². The van der Waals surface area contributed by atoms with E-state index in [1.807, 2.05) is 18.5 Å². The van der Waals surface area contributed by atoms with Crippen LogP contribution in [0.3, 0.4) is 0 Å². The summed E-state index contributed by atoms with van der Waals surface area (Å²) in [5.41, 5.74) is 0. The number of imide groups is 1. The normalized spacial score (nSPS) is 26.6. The smallest absolute Gasteiger partial charge is 0.269 e. The first-order chi connectivity index (χ1) is 8.77. The van der Waals surface area contributed by atoms with Crippen molar-refractivity contribution in [3.05, 3.63) is 0 Å². The van der Waals surface area contributed by atoms with Crippen molar-refractivity contribution >= 4 is 55.5 Å². The minimum absolute atomic E-state index is 0.0304. The third-order valence-corrected chi connectivity index (χ3v) is 5.79. The van der Waals surface area contributed by atoms with Gasteiger partial charge in [0.05, 0.1) is 7.05 Å². The van der Waals surface area contributed by atoms with E-state index < -0.39 is 6.04 Å². The average molecular weight is 395 g/mol. The Hall–Kier alpha value is -0.760. The fourth-order valence-corrected chi connectivity index (χ4v) is 2.82. The molecular formula is C11H15Br2N4O2+. The SMILES string of the molecule is CC(Br)C(Br)C1=[N+](C)C2C(=O)N(C)C(=O)N(C)C2=N1. The maximum Gasteiger partial charge on any atom is 0.333 e. The molecule has 0 saturated carbocycles. The Morgan fingerprint density at radius 2 is 1.84 bits per heavy atom. The molecule has 1 fully saturated rings. The van der Waals surface area contributed by atoms with Crippen molar-refractivity contribution < 1.29 is 14.2 Å². The van der Waals surface area contributed by atoms with Crippen LogP contribution < -0.4 is 0 Å². The van der Waals surface area contributed by atoms with E-state index >= 15 is 0 Å². The summed E-state index contributed by atoms with van der Waals surface area (Å²) in [5, 5.41) is 0. The zero-order chi connectivity index (χ0) is 14.5. The molecule has 3 unspecified atom stereocenters. The van der Waals surface area contributed by atoms with Gasteiger partial charge in [-0.3, -0.25) is 14.6 Å². The minimum Gasteiger partial charge on any atom is -0.269 e. The molecular weight excluding hydrogens is 380 g/mol. The standard InChI is InChI=1S/C11H15Br2N4O2/c1-5(12)6(13)8-14-9-7(15(8)2)10(18)17(4)11(19)16(9)3/h5-7H,1-4H3/q+1. The predicted molar refractivity (Wildman–Crippen MR) is 79.4 cm³/mol. The summed E-state index contributed by atoms with van der Waals surface area (Å²) < 4.78 is 1.81. The Kier molecular flexibility index (Phi) is 3.83. The van der Waals surface area contributed by atoms with E-state index in [4.69, 9.17) is 0 Å². The van der Waals surface area contributed by atoms with Crippen molar-refractivity contribution in [2.45, 2.75) is 22.6 Å². The summed E-state index contributed by atoms with van der Waals surface area (Å²) in [6, 6.07) is -0.873. The molecule has 0 radical (unpaired) electrons. The highest BCUT2D eigenvalue weighted by molar-refractivity contribution is 9.12. The quantitative estimate of drug-likeness (QED) is 0.515. The number of carbonyl (C=O) groups excluding carboxylic acids is 2. The van der Waals surface area contributed by atoms with Crippen molar-refractivity contribution in [3.8, 4) is 0 Å². The van der Waals surface area contributed by atoms with Gasteiger partial charge in [-0.05, 0) is 4.99 Å². The lowest BCUT2D eigenvalue weighted by Gasteiger charge is -2.30. The third-order valence-electron chi connectivity index (χ3n) is 3.35. The lowest BCUT2D eigenvalue weighted by Crippen LogP contribution is -2.61. The number of hydrogen-bond donors (Lipinski definition) is 0. The van der Waals surface area contributed by atoms with E-state index in [0.29, 0.717) is 5.84 Å². The highest BCUT2D eigenvalue weighted by Gasteiger charge is 2.53. The van der Waals surface area contributed by atoms with Gasteiger partial charge in [-0.15, -0.1) is 0 Å². The van der Waals surface area contributed by atoms with Crippen LogP contribution in [0.1, 0.15) is 6.92 Å². The van der Waals surface area contributed by atoms with Gasteiger partial charge in [0.2, 0.25) is 0 Å². The van der Waals surface area contributed by atoms with Crippen LogP contribution in [0.25, 0.3) is 0 Å². The van der Waals surface area contributed by atoms with Crippen molar-refractivity contribution in [1.29, 1.82) is 0 Å². The fourth-order valence-electron chi connectivity index (χ4n) is 2.16. The zero-order valence-corrected chi connectivity index (χ0v) is 14.3. The third kappa shape index (κ3) is 2.14. The van der Waals surface area contributed by atoms with Gasteiger partial charge in [0.15, 0.2) is 0 Å². The molecule has 8 heteroatoms. The number of amides is 3. The summed E-state index contributed by atoms with van der Waals surface area (Å²) in [4.78, 5) is 31.3. The van der Waals surface area contributed by atoms with Gasteiger partial charge in [-0.2, -0.15) is 0 Å². The van der Waals surface area contributed by atoms with Crippen molar-refractivity contribution in [2.24, 2.45) is 4.99 Å². The van der Waals surface area contributed by atoms with Crippen molar-refractivity contribution in [1.82, 2.24) is 9.80 Å². The number of rotatable bonds is 2.